The molecule has 1 aliphatic heterocycles. The summed E-state index contributed by atoms with van der Waals surface area (Å²) < 4.78 is 5.21. The molecule has 1 aromatic carbocycles. The molecular weight excluding hydrogens is 404 g/mol. The Kier molecular flexibility index (Phi) is 7.29. The SMILES string of the molecule is CCN(C(C)=O)c1nc(COC(=O)CCC(=O)N2CCC(c3ccccc3)=N2)cs1. The first-order valence-electron chi connectivity index (χ1n) is 9.79. The Morgan fingerprint density at radius 1 is 1.20 bits per heavy atom. The number of benzene rings is 1. The predicted octanol–water partition coefficient (Wildman–Crippen LogP) is 2.98. The largest absolute Gasteiger partial charge is 0.459 e. The second-order valence-electron chi connectivity index (χ2n) is 6.72. The van der Waals surface area contributed by atoms with E-state index in [0.29, 0.717) is 30.3 Å². The number of hydrazone groups is 1. The fraction of sp³-hybridized carbons (Fsp3) is 0.381. The van der Waals surface area contributed by atoms with Crippen LogP contribution in [0.4, 0.5) is 5.13 Å². The van der Waals surface area contributed by atoms with Gasteiger partial charge in [0.2, 0.25) is 11.8 Å². The molecule has 0 atom stereocenters. The van der Waals surface area contributed by atoms with Crippen molar-refractivity contribution in [3.63, 3.8) is 0 Å². The fourth-order valence-electron chi connectivity index (χ4n) is 3.01. The van der Waals surface area contributed by atoms with Crippen molar-refractivity contribution in [3.05, 3.63) is 47.0 Å². The van der Waals surface area contributed by atoms with Crippen molar-refractivity contribution in [1.29, 1.82) is 0 Å². The number of rotatable bonds is 8. The Balaban J connectivity index is 1.44. The van der Waals surface area contributed by atoms with Crippen molar-refractivity contribution in [1.82, 2.24) is 9.99 Å². The van der Waals surface area contributed by atoms with E-state index in [9.17, 15) is 14.4 Å². The van der Waals surface area contributed by atoms with Crippen molar-refractivity contribution in [2.45, 2.75) is 39.7 Å². The van der Waals surface area contributed by atoms with Gasteiger partial charge in [0.1, 0.15) is 6.61 Å². The highest BCUT2D eigenvalue weighted by atomic mass is 32.1. The third kappa shape index (κ3) is 5.50. The van der Waals surface area contributed by atoms with E-state index < -0.39 is 5.97 Å². The van der Waals surface area contributed by atoms with E-state index in [0.717, 1.165) is 11.3 Å². The average Bonchev–Trinajstić information content (AvgIpc) is 3.41. The zero-order valence-corrected chi connectivity index (χ0v) is 17.9. The Hall–Kier alpha value is -3.07. The van der Waals surface area contributed by atoms with Gasteiger partial charge in [0.05, 0.1) is 24.4 Å². The van der Waals surface area contributed by atoms with Gasteiger partial charge in [0.15, 0.2) is 5.13 Å². The van der Waals surface area contributed by atoms with Crippen LogP contribution < -0.4 is 4.90 Å². The van der Waals surface area contributed by atoms with Crippen LogP contribution in [-0.2, 0) is 25.7 Å². The van der Waals surface area contributed by atoms with Crippen LogP contribution in [0, 0.1) is 0 Å². The Bertz CT molecular complexity index is 941. The summed E-state index contributed by atoms with van der Waals surface area (Å²) in [6, 6.07) is 9.73. The van der Waals surface area contributed by atoms with Crippen molar-refractivity contribution in [2.24, 2.45) is 5.10 Å². The molecule has 3 rings (SSSR count). The second-order valence-corrected chi connectivity index (χ2v) is 7.56. The van der Waals surface area contributed by atoms with Gasteiger partial charge >= 0.3 is 5.97 Å². The van der Waals surface area contributed by atoms with Crippen LogP contribution in [0.15, 0.2) is 40.8 Å². The first-order chi connectivity index (χ1) is 14.5. The molecule has 0 unspecified atom stereocenters. The number of carbonyl (C=O) groups excluding carboxylic acids is 3. The van der Waals surface area contributed by atoms with Crippen molar-refractivity contribution >= 4 is 40.0 Å². The van der Waals surface area contributed by atoms with E-state index in [2.05, 4.69) is 10.1 Å². The first kappa shape index (κ1) is 21.6. The number of hydrogen-bond acceptors (Lipinski definition) is 7. The monoisotopic (exact) mass is 428 g/mol. The van der Waals surface area contributed by atoms with E-state index in [1.165, 1.54) is 23.3 Å². The minimum atomic E-state index is -0.469. The highest BCUT2D eigenvalue weighted by Crippen LogP contribution is 2.21. The highest BCUT2D eigenvalue weighted by Gasteiger charge is 2.22. The van der Waals surface area contributed by atoms with Gasteiger partial charge in [0, 0.05) is 31.7 Å². The van der Waals surface area contributed by atoms with Gasteiger partial charge in [-0.25, -0.2) is 9.99 Å². The molecule has 0 aliphatic carbocycles. The van der Waals surface area contributed by atoms with E-state index in [-0.39, 0.29) is 31.3 Å². The molecule has 1 aliphatic rings. The van der Waals surface area contributed by atoms with Gasteiger partial charge in [-0.2, -0.15) is 5.10 Å². The summed E-state index contributed by atoms with van der Waals surface area (Å²) in [5, 5.41) is 8.13. The van der Waals surface area contributed by atoms with Crippen LogP contribution in [0.5, 0.6) is 0 Å². The molecule has 0 saturated heterocycles. The summed E-state index contributed by atoms with van der Waals surface area (Å²) in [6.45, 7) is 4.40. The Morgan fingerprint density at radius 3 is 2.67 bits per heavy atom. The number of aromatic nitrogens is 1. The van der Waals surface area contributed by atoms with E-state index in [1.54, 1.807) is 10.3 Å². The zero-order valence-electron chi connectivity index (χ0n) is 17.0. The summed E-state index contributed by atoms with van der Waals surface area (Å²) in [4.78, 5) is 41.8. The summed E-state index contributed by atoms with van der Waals surface area (Å²) in [5.74, 6) is -0.758. The number of nitrogens with zero attached hydrogens (tertiary/aromatic N) is 4. The molecule has 0 N–H and O–H groups in total. The lowest BCUT2D eigenvalue weighted by Crippen LogP contribution is -2.27. The number of thiazole rings is 1. The Morgan fingerprint density at radius 2 is 1.97 bits per heavy atom. The van der Waals surface area contributed by atoms with E-state index in [4.69, 9.17) is 4.74 Å². The van der Waals surface area contributed by atoms with Crippen LogP contribution in [-0.4, -0.2) is 46.6 Å². The number of amides is 2. The molecule has 2 amide bonds. The molecule has 0 saturated carbocycles. The normalized spacial score (nSPS) is 13.1. The molecule has 0 bridgehead atoms. The lowest BCUT2D eigenvalue weighted by molar-refractivity contribution is -0.147. The standard InChI is InChI=1S/C21H24N4O4S/c1-3-24(15(2)26)21-22-17(14-30-21)13-29-20(28)10-9-19(27)25-12-11-18(23-25)16-7-5-4-6-8-16/h4-8,14H,3,9-13H2,1-2H3. The summed E-state index contributed by atoms with van der Waals surface area (Å²) in [5.41, 5.74) is 2.45. The smallest absolute Gasteiger partial charge is 0.306 e. The molecule has 1 aromatic heterocycles. The fourth-order valence-corrected chi connectivity index (χ4v) is 3.93. The van der Waals surface area contributed by atoms with Crippen LogP contribution in [0.2, 0.25) is 0 Å². The van der Waals surface area contributed by atoms with Gasteiger partial charge in [-0.1, -0.05) is 30.3 Å². The quantitative estimate of drug-likeness (QED) is 0.603. The molecule has 2 aromatic rings. The predicted molar refractivity (Wildman–Crippen MR) is 114 cm³/mol. The lowest BCUT2D eigenvalue weighted by Gasteiger charge is -2.14. The van der Waals surface area contributed by atoms with Gasteiger partial charge in [-0.15, -0.1) is 11.3 Å². The van der Waals surface area contributed by atoms with E-state index >= 15 is 0 Å². The maximum absolute atomic E-state index is 12.3. The number of hydrogen-bond donors (Lipinski definition) is 0. The van der Waals surface area contributed by atoms with E-state index in [1.807, 2.05) is 37.3 Å². The average molecular weight is 429 g/mol. The van der Waals surface area contributed by atoms with Crippen LogP contribution >= 0.6 is 11.3 Å². The molecule has 2 heterocycles. The third-order valence-electron chi connectivity index (χ3n) is 4.59. The van der Waals surface area contributed by atoms with Crippen LogP contribution in [0.3, 0.4) is 0 Å². The molecule has 0 fully saturated rings. The van der Waals surface area contributed by atoms with Crippen molar-refractivity contribution in [3.8, 4) is 0 Å². The molecule has 158 valence electrons. The van der Waals surface area contributed by atoms with Crippen LogP contribution in [0.25, 0.3) is 0 Å². The lowest BCUT2D eigenvalue weighted by atomic mass is 10.1. The topological polar surface area (TPSA) is 92.2 Å². The molecule has 30 heavy (non-hydrogen) atoms. The molecular formula is C21H24N4O4S. The summed E-state index contributed by atoms with van der Waals surface area (Å²) in [6.07, 6.45) is 0.721. The molecule has 9 heteroatoms. The van der Waals surface area contributed by atoms with Crippen LogP contribution in [0.1, 0.15) is 44.4 Å². The Labute approximate surface area is 179 Å². The number of anilines is 1. The van der Waals surface area contributed by atoms with Crippen molar-refractivity contribution in [2.75, 3.05) is 18.0 Å². The summed E-state index contributed by atoms with van der Waals surface area (Å²) >= 11 is 1.32. The molecule has 0 spiro atoms. The second kappa shape index (κ2) is 10.1. The van der Waals surface area contributed by atoms with Gasteiger partial charge in [-0.05, 0) is 12.5 Å². The number of esters is 1. The van der Waals surface area contributed by atoms with Crippen molar-refractivity contribution < 1.29 is 19.1 Å². The zero-order chi connectivity index (χ0) is 21.5. The third-order valence-corrected chi connectivity index (χ3v) is 5.50. The number of carbonyl (C=O) groups is 3. The first-order valence-corrected chi connectivity index (χ1v) is 10.7. The van der Waals surface area contributed by atoms with Gasteiger partial charge in [0.25, 0.3) is 0 Å². The van der Waals surface area contributed by atoms with Gasteiger partial charge in [-0.3, -0.25) is 19.3 Å². The van der Waals surface area contributed by atoms with Gasteiger partial charge < -0.3 is 4.74 Å². The molecule has 0 radical (unpaired) electrons. The number of ether oxygens (including phenoxy) is 1. The summed E-state index contributed by atoms with van der Waals surface area (Å²) in [7, 11) is 0. The maximum atomic E-state index is 12.3. The molecule has 8 nitrogen and oxygen atoms in total. The minimum absolute atomic E-state index is 0.0129. The minimum Gasteiger partial charge on any atom is -0.459 e. The maximum Gasteiger partial charge on any atom is 0.306 e. The highest BCUT2D eigenvalue weighted by molar-refractivity contribution is 7.14.